The molecule has 3 heterocycles. The Balaban J connectivity index is 1.34. The van der Waals surface area contributed by atoms with E-state index in [1.807, 2.05) is 48.5 Å². The monoisotopic (exact) mass is 738 g/mol. The van der Waals surface area contributed by atoms with E-state index >= 15 is 0 Å². The summed E-state index contributed by atoms with van der Waals surface area (Å²) in [6.45, 7) is -0.491. The molecule has 0 saturated carbocycles. The van der Waals surface area contributed by atoms with Gasteiger partial charge in [-0.3, -0.25) is 4.79 Å². The summed E-state index contributed by atoms with van der Waals surface area (Å²) in [5.74, 6) is -1.11. The number of rotatable bonds is 10. The molecule has 1 aliphatic carbocycles. The number of nitrogens with zero attached hydrogens (tertiary/aromatic N) is 2. The van der Waals surface area contributed by atoms with Crippen molar-refractivity contribution in [2.45, 2.75) is 26.3 Å². The van der Waals surface area contributed by atoms with Crippen LogP contribution in [-0.2, 0) is 26.3 Å². The highest BCUT2D eigenvalue weighted by molar-refractivity contribution is 6.31. The second-order valence-electron chi connectivity index (χ2n) is 12.7. The number of aromatic hydroxyl groups is 1. The van der Waals surface area contributed by atoms with E-state index in [1.54, 1.807) is 36.4 Å². The third kappa shape index (κ3) is 6.09. The Morgan fingerprint density at radius 1 is 0.722 bits per heavy atom. The Kier molecular flexibility index (Phi) is 9.04. The standard InChI is InChI=1S/C42H31ClN4O7/c43-32-17-29-36(26-7-1-2-8-27(26)42(52)53)28-15-16-35(50)30(18-44-33-9-3-5-22-11-13-24(20-48)46-37(22)33)40(28)54-41(29)31(39(32)51)19-45-34-10-4-6-23-12-14-25(21-49)47-38(23)34/h1-17,44-45,48-50H,18-21H2,(H,52,53). The number of hydrogen-bond donors (Lipinski definition) is 6. The van der Waals surface area contributed by atoms with E-state index in [4.69, 9.17) is 16.0 Å². The number of halogens is 1. The Morgan fingerprint density at radius 2 is 1.33 bits per heavy atom. The number of carbonyl (C=O) groups is 1. The number of phenolic OH excluding ortho intramolecular Hbond substituents is 1. The fourth-order valence-corrected chi connectivity index (χ4v) is 7.08. The van der Waals surface area contributed by atoms with Crippen molar-refractivity contribution in [2.24, 2.45) is 0 Å². The highest BCUT2D eigenvalue weighted by Gasteiger charge is 2.28. The molecule has 0 atom stereocenters. The van der Waals surface area contributed by atoms with Crippen LogP contribution in [0.3, 0.4) is 0 Å². The van der Waals surface area contributed by atoms with E-state index in [0.29, 0.717) is 61.4 Å². The Labute approximate surface area is 312 Å². The third-order valence-electron chi connectivity index (χ3n) is 9.48. The number of phenols is 1. The molecule has 6 aromatic rings. The van der Waals surface area contributed by atoms with Gasteiger partial charge >= 0.3 is 5.97 Å². The van der Waals surface area contributed by atoms with Crippen LogP contribution in [-0.4, -0.2) is 36.4 Å². The van der Waals surface area contributed by atoms with E-state index in [2.05, 4.69) is 20.6 Å². The van der Waals surface area contributed by atoms with Crippen LogP contribution in [0.15, 0.2) is 112 Å². The average Bonchev–Trinajstić information content (AvgIpc) is 3.19. The second-order valence-corrected chi connectivity index (χ2v) is 13.1. The van der Waals surface area contributed by atoms with Crippen molar-refractivity contribution in [3.8, 4) is 28.2 Å². The zero-order valence-corrected chi connectivity index (χ0v) is 29.2. The molecular formula is C42H31ClN4O7. The number of anilines is 2. The van der Waals surface area contributed by atoms with Crippen LogP contribution < -0.4 is 16.1 Å². The number of fused-ring (bicyclic) bond motifs is 4. The van der Waals surface area contributed by atoms with Crippen LogP contribution >= 0.6 is 11.6 Å². The van der Waals surface area contributed by atoms with Gasteiger partial charge < -0.3 is 35.5 Å². The summed E-state index contributed by atoms with van der Waals surface area (Å²) in [6, 6.07) is 29.5. The first kappa shape index (κ1) is 34.6. The lowest BCUT2D eigenvalue weighted by atomic mass is 9.88. The molecule has 0 saturated heterocycles. The number of carboxylic acid groups (broad SMARTS) is 1. The van der Waals surface area contributed by atoms with Gasteiger partial charge in [-0.05, 0) is 54.1 Å². The molecule has 12 heteroatoms. The summed E-state index contributed by atoms with van der Waals surface area (Å²) in [4.78, 5) is 35.7. The van der Waals surface area contributed by atoms with Crippen LogP contribution in [0.2, 0.25) is 5.02 Å². The molecule has 0 bridgehead atoms. The van der Waals surface area contributed by atoms with Gasteiger partial charge in [-0.2, -0.15) is 0 Å². The van der Waals surface area contributed by atoms with Crippen molar-refractivity contribution >= 4 is 61.7 Å². The number of benzene rings is 5. The molecule has 0 unspecified atom stereocenters. The topological polar surface area (TPSA) is 178 Å². The van der Waals surface area contributed by atoms with Crippen LogP contribution in [0.25, 0.3) is 55.2 Å². The van der Waals surface area contributed by atoms with E-state index in [1.165, 1.54) is 18.2 Å². The predicted octanol–water partition coefficient (Wildman–Crippen LogP) is 7.93. The number of nitrogens with one attached hydrogen (secondary N) is 2. The van der Waals surface area contributed by atoms with Crippen LogP contribution in [0.4, 0.5) is 11.4 Å². The fourth-order valence-electron chi connectivity index (χ4n) is 6.86. The number of aromatic nitrogens is 2. The summed E-state index contributed by atoms with van der Waals surface area (Å²) in [6.07, 6.45) is 0. The van der Waals surface area contributed by atoms with Gasteiger partial charge in [0.05, 0.1) is 68.7 Å². The molecule has 1 aliphatic heterocycles. The molecule has 0 radical (unpaired) electrons. The SMILES string of the molecule is O=C(O)c1ccccc1-c1c2cc(Cl)c(=O)c(CNc3cccc4ccc(CO)nc34)c-2oc2c(CNc3cccc4ccc(CO)nc34)c(O)ccc12. The summed E-state index contributed by atoms with van der Waals surface area (Å²) in [5, 5.41) is 49.8. The molecule has 8 rings (SSSR count). The molecule has 11 nitrogen and oxygen atoms in total. The van der Waals surface area contributed by atoms with E-state index in [9.17, 15) is 30.0 Å². The Hall–Kier alpha value is -6.53. The minimum atomic E-state index is -1.15. The summed E-state index contributed by atoms with van der Waals surface area (Å²) in [7, 11) is 0. The molecule has 0 amide bonds. The summed E-state index contributed by atoms with van der Waals surface area (Å²) in [5.41, 5.74) is 4.89. The van der Waals surface area contributed by atoms with Crippen molar-refractivity contribution in [1.29, 1.82) is 0 Å². The largest absolute Gasteiger partial charge is 0.507 e. The maximum atomic E-state index is 13.9. The quantitative estimate of drug-likeness (QED) is 0.0751. The number of aromatic carboxylic acids is 1. The summed E-state index contributed by atoms with van der Waals surface area (Å²) >= 11 is 6.66. The van der Waals surface area contributed by atoms with Crippen molar-refractivity contribution in [3.63, 3.8) is 0 Å². The first-order valence-corrected chi connectivity index (χ1v) is 17.4. The van der Waals surface area contributed by atoms with Crippen LogP contribution in [0.5, 0.6) is 5.75 Å². The Morgan fingerprint density at radius 3 is 1.94 bits per heavy atom. The minimum absolute atomic E-state index is 0.0177. The second kappa shape index (κ2) is 14.1. The molecule has 0 fully saturated rings. The lowest BCUT2D eigenvalue weighted by molar-refractivity contribution is 0.0697. The first-order chi connectivity index (χ1) is 26.2. The van der Waals surface area contributed by atoms with Gasteiger partial charge in [-0.1, -0.05) is 66.2 Å². The molecule has 2 aromatic heterocycles. The number of aliphatic hydroxyl groups is 2. The fraction of sp³-hybridized carbons (Fsp3) is 0.0952. The lowest BCUT2D eigenvalue weighted by Crippen LogP contribution is -2.17. The first-order valence-electron chi connectivity index (χ1n) is 17.0. The number of carboxylic acids is 1. The van der Waals surface area contributed by atoms with E-state index in [0.717, 1.165) is 10.8 Å². The van der Waals surface area contributed by atoms with E-state index in [-0.39, 0.29) is 59.5 Å². The number of pyridine rings is 2. The highest BCUT2D eigenvalue weighted by Crippen LogP contribution is 2.45. The Bertz CT molecular complexity index is 2800. The van der Waals surface area contributed by atoms with Crippen LogP contribution in [0.1, 0.15) is 32.9 Å². The van der Waals surface area contributed by atoms with Gasteiger partial charge in [0, 0.05) is 40.4 Å². The zero-order chi connectivity index (χ0) is 37.5. The highest BCUT2D eigenvalue weighted by atomic mass is 35.5. The van der Waals surface area contributed by atoms with Gasteiger partial charge in [-0.25, -0.2) is 14.8 Å². The molecule has 6 N–H and O–H groups in total. The molecule has 54 heavy (non-hydrogen) atoms. The molecule has 2 aliphatic rings. The van der Waals surface area contributed by atoms with Gasteiger partial charge in [0.25, 0.3) is 0 Å². The number of aliphatic hydroxyl groups excluding tert-OH is 2. The van der Waals surface area contributed by atoms with Gasteiger partial charge in [0.1, 0.15) is 17.1 Å². The maximum Gasteiger partial charge on any atom is 0.336 e. The zero-order valence-electron chi connectivity index (χ0n) is 28.4. The van der Waals surface area contributed by atoms with Crippen molar-refractivity contribution in [3.05, 3.63) is 146 Å². The molecule has 0 spiro atoms. The maximum absolute atomic E-state index is 13.9. The van der Waals surface area contributed by atoms with Crippen molar-refractivity contribution in [1.82, 2.24) is 9.97 Å². The van der Waals surface area contributed by atoms with Gasteiger partial charge in [0.15, 0.2) is 0 Å². The van der Waals surface area contributed by atoms with Crippen molar-refractivity contribution in [2.75, 3.05) is 10.6 Å². The predicted molar refractivity (Wildman–Crippen MR) is 208 cm³/mol. The van der Waals surface area contributed by atoms with Gasteiger partial charge in [0.2, 0.25) is 5.43 Å². The average molecular weight is 739 g/mol. The number of para-hydroxylation sites is 2. The number of hydrogen-bond acceptors (Lipinski definition) is 10. The van der Waals surface area contributed by atoms with E-state index < -0.39 is 11.4 Å². The molecular weight excluding hydrogens is 708 g/mol. The lowest BCUT2D eigenvalue weighted by Gasteiger charge is -2.21. The third-order valence-corrected chi connectivity index (χ3v) is 9.76. The molecule has 268 valence electrons. The molecule has 4 aromatic carbocycles. The summed E-state index contributed by atoms with van der Waals surface area (Å²) < 4.78 is 6.67. The smallest absolute Gasteiger partial charge is 0.336 e. The van der Waals surface area contributed by atoms with Gasteiger partial charge in [-0.15, -0.1) is 0 Å². The van der Waals surface area contributed by atoms with Crippen molar-refractivity contribution < 1.29 is 29.6 Å². The van der Waals surface area contributed by atoms with Crippen LogP contribution in [0, 0.1) is 0 Å². The normalized spacial score (nSPS) is 11.5. The minimum Gasteiger partial charge on any atom is -0.507 e.